The number of carbonyl (C=O) groups is 1. The average molecular weight is 198 g/mol. The number of esters is 1. The van der Waals surface area contributed by atoms with Gasteiger partial charge in [-0.25, -0.2) is 0 Å². The van der Waals surface area contributed by atoms with Crippen LogP contribution in [0.1, 0.15) is 32.6 Å². The molecule has 5 heteroatoms. The van der Waals surface area contributed by atoms with E-state index in [1.807, 2.05) is 0 Å². The summed E-state index contributed by atoms with van der Waals surface area (Å²) in [5.74, 6) is 0.370. The van der Waals surface area contributed by atoms with E-state index in [9.17, 15) is 4.79 Å². The molecular formula is C9H14N2O3. The quantitative estimate of drug-likeness (QED) is 0.683. The predicted octanol–water partition coefficient (Wildman–Crippen LogP) is 1.22. The van der Waals surface area contributed by atoms with E-state index in [0.29, 0.717) is 12.5 Å². The van der Waals surface area contributed by atoms with Crippen molar-refractivity contribution in [1.29, 1.82) is 0 Å². The minimum absolute atomic E-state index is 0.286. The SMILES string of the molecule is CCOC(=O)C(C)(C)c1nnc(C)o1. The molecule has 1 aromatic rings. The molecule has 5 nitrogen and oxygen atoms in total. The van der Waals surface area contributed by atoms with Gasteiger partial charge in [0.1, 0.15) is 5.41 Å². The Morgan fingerprint density at radius 3 is 2.57 bits per heavy atom. The minimum atomic E-state index is -0.878. The van der Waals surface area contributed by atoms with E-state index in [-0.39, 0.29) is 11.9 Å². The van der Waals surface area contributed by atoms with E-state index in [1.165, 1.54) is 0 Å². The fraction of sp³-hybridized carbons (Fsp3) is 0.667. The van der Waals surface area contributed by atoms with Crippen LogP contribution in [0.25, 0.3) is 0 Å². The van der Waals surface area contributed by atoms with E-state index < -0.39 is 5.41 Å². The van der Waals surface area contributed by atoms with Gasteiger partial charge in [-0.15, -0.1) is 10.2 Å². The molecule has 0 radical (unpaired) electrons. The highest BCUT2D eigenvalue weighted by Crippen LogP contribution is 2.23. The molecule has 0 N–H and O–H groups in total. The lowest BCUT2D eigenvalue weighted by Crippen LogP contribution is -2.31. The van der Waals surface area contributed by atoms with Crippen LogP contribution in [-0.4, -0.2) is 22.8 Å². The number of rotatable bonds is 3. The number of hydrogen-bond donors (Lipinski definition) is 0. The average Bonchev–Trinajstić information content (AvgIpc) is 2.52. The standard InChI is InChI=1S/C9H14N2O3/c1-5-13-8(12)9(3,4)7-11-10-6(2)14-7/h5H2,1-4H3. The van der Waals surface area contributed by atoms with Crippen LogP contribution < -0.4 is 0 Å². The largest absolute Gasteiger partial charge is 0.465 e. The highest BCUT2D eigenvalue weighted by molar-refractivity contribution is 5.80. The molecule has 0 aromatic carbocycles. The zero-order valence-corrected chi connectivity index (χ0v) is 8.83. The molecule has 1 aromatic heterocycles. The molecule has 0 bridgehead atoms. The first-order valence-corrected chi connectivity index (χ1v) is 4.46. The molecule has 0 atom stereocenters. The summed E-state index contributed by atoms with van der Waals surface area (Å²) >= 11 is 0. The second-order valence-electron chi connectivity index (χ2n) is 3.47. The van der Waals surface area contributed by atoms with Crippen LogP contribution in [0.2, 0.25) is 0 Å². The Hall–Kier alpha value is -1.39. The first-order valence-electron chi connectivity index (χ1n) is 4.46. The van der Waals surface area contributed by atoms with Crippen molar-refractivity contribution in [2.75, 3.05) is 6.61 Å². The summed E-state index contributed by atoms with van der Waals surface area (Å²) in [6.45, 7) is 7.16. The number of aromatic nitrogens is 2. The molecule has 14 heavy (non-hydrogen) atoms. The van der Waals surface area contributed by atoms with E-state index >= 15 is 0 Å². The van der Waals surface area contributed by atoms with Crippen LogP contribution in [0.15, 0.2) is 4.42 Å². The van der Waals surface area contributed by atoms with Crippen molar-refractivity contribution in [3.05, 3.63) is 11.8 Å². The second kappa shape index (κ2) is 3.77. The maximum atomic E-state index is 11.5. The predicted molar refractivity (Wildman–Crippen MR) is 48.7 cm³/mol. The molecule has 0 saturated heterocycles. The lowest BCUT2D eigenvalue weighted by molar-refractivity contribution is -0.149. The summed E-state index contributed by atoms with van der Waals surface area (Å²) in [5, 5.41) is 7.47. The summed E-state index contributed by atoms with van der Waals surface area (Å²) < 4.78 is 10.1. The highest BCUT2D eigenvalue weighted by atomic mass is 16.5. The van der Waals surface area contributed by atoms with Crippen LogP contribution in [0.4, 0.5) is 0 Å². The molecule has 0 fully saturated rings. The minimum Gasteiger partial charge on any atom is -0.465 e. The molecule has 0 amide bonds. The van der Waals surface area contributed by atoms with Gasteiger partial charge in [-0.3, -0.25) is 4.79 Å². The van der Waals surface area contributed by atoms with Crippen molar-refractivity contribution >= 4 is 5.97 Å². The van der Waals surface area contributed by atoms with Gasteiger partial charge in [-0.05, 0) is 20.8 Å². The number of hydrogen-bond acceptors (Lipinski definition) is 5. The summed E-state index contributed by atoms with van der Waals surface area (Å²) in [4.78, 5) is 11.5. The Morgan fingerprint density at radius 2 is 2.14 bits per heavy atom. The van der Waals surface area contributed by atoms with Crippen molar-refractivity contribution in [3.8, 4) is 0 Å². The third-order valence-electron chi connectivity index (χ3n) is 1.85. The van der Waals surface area contributed by atoms with Gasteiger partial charge in [-0.2, -0.15) is 0 Å². The summed E-state index contributed by atoms with van der Waals surface area (Å²) in [6.07, 6.45) is 0. The molecule has 0 aliphatic rings. The lowest BCUT2D eigenvalue weighted by atomic mass is 9.94. The molecule has 0 spiro atoms. The monoisotopic (exact) mass is 198 g/mol. The first kappa shape index (κ1) is 10.7. The van der Waals surface area contributed by atoms with Crippen molar-refractivity contribution in [3.63, 3.8) is 0 Å². The van der Waals surface area contributed by atoms with Gasteiger partial charge in [0.05, 0.1) is 6.61 Å². The van der Waals surface area contributed by atoms with Gasteiger partial charge in [-0.1, -0.05) is 0 Å². The number of ether oxygens (including phenoxy) is 1. The van der Waals surface area contributed by atoms with Crippen molar-refractivity contribution in [1.82, 2.24) is 10.2 Å². The zero-order valence-electron chi connectivity index (χ0n) is 8.83. The lowest BCUT2D eigenvalue weighted by Gasteiger charge is -2.17. The Balaban J connectivity index is 2.89. The van der Waals surface area contributed by atoms with Gasteiger partial charge in [0.25, 0.3) is 0 Å². The summed E-state index contributed by atoms with van der Waals surface area (Å²) in [6, 6.07) is 0. The van der Waals surface area contributed by atoms with Crippen LogP contribution >= 0.6 is 0 Å². The Labute approximate surface area is 82.5 Å². The number of aryl methyl sites for hydroxylation is 1. The Bertz CT molecular complexity index is 331. The molecule has 0 unspecified atom stereocenters. The molecule has 1 heterocycles. The topological polar surface area (TPSA) is 65.2 Å². The van der Waals surface area contributed by atoms with Crippen LogP contribution in [0, 0.1) is 6.92 Å². The van der Waals surface area contributed by atoms with Crippen molar-refractivity contribution in [2.24, 2.45) is 0 Å². The number of nitrogens with zero attached hydrogens (tertiary/aromatic N) is 2. The second-order valence-corrected chi connectivity index (χ2v) is 3.47. The van der Waals surface area contributed by atoms with Gasteiger partial charge in [0, 0.05) is 6.92 Å². The maximum absolute atomic E-state index is 11.5. The molecule has 0 saturated carbocycles. The molecule has 78 valence electrons. The van der Waals surface area contributed by atoms with Crippen molar-refractivity contribution in [2.45, 2.75) is 33.1 Å². The fourth-order valence-electron chi connectivity index (χ4n) is 0.948. The van der Waals surface area contributed by atoms with Gasteiger partial charge < -0.3 is 9.15 Å². The van der Waals surface area contributed by atoms with Crippen LogP contribution in [0.3, 0.4) is 0 Å². The Kier molecular flexibility index (Phi) is 2.88. The molecule has 0 aliphatic carbocycles. The maximum Gasteiger partial charge on any atom is 0.321 e. The highest BCUT2D eigenvalue weighted by Gasteiger charge is 2.36. The van der Waals surface area contributed by atoms with Gasteiger partial charge >= 0.3 is 5.97 Å². The third kappa shape index (κ3) is 1.92. The van der Waals surface area contributed by atoms with Crippen LogP contribution in [0.5, 0.6) is 0 Å². The Morgan fingerprint density at radius 1 is 1.50 bits per heavy atom. The van der Waals surface area contributed by atoms with Gasteiger partial charge in [0.15, 0.2) is 0 Å². The molecular weight excluding hydrogens is 184 g/mol. The smallest absolute Gasteiger partial charge is 0.321 e. The first-order chi connectivity index (χ1) is 6.48. The molecule has 1 rings (SSSR count). The summed E-state index contributed by atoms with van der Waals surface area (Å²) in [5.41, 5.74) is -0.878. The zero-order chi connectivity index (χ0) is 10.8. The van der Waals surface area contributed by atoms with Crippen LogP contribution in [-0.2, 0) is 14.9 Å². The van der Waals surface area contributed by atoms with E-state index in [2.05, 4.69) is 10.2 Å². The van der Waals surface area contributed by atoms with E-state index in [0.717, 1.165) is 0 Å². The third-order valence-corrected chi connectivity index (χ3v) is 1.85. The normalized spacial score (nSPS) is 11.4. The van der Waals surface area contributed by atoms with Gasteiger partial charge in [0.2, 0.25) is 11.8 Å². The van der Waals surface area contributed by atoms with Crippen molar-refractivity contribution < 1.29 is 13.9 Å². The number of carbonyl (C=O) groups excluding carboxylic acids is 1. The fourth-order valence-corrected chi connectivity index (χ4v) is 0.948. The van der Waals surface area contributed by atoms with E-state index in [1.54, 1.807) is 27.7 Å². The van der Waals surface area contributed by atoms with E-state index in [4.69, 9.17) is 9.15 Å². The molecule has 0 aliphatic heterocycles. The summed E-state index contributed by atoms with van der Waals surface area (Å²) in [7, 11) is 0.